The summed E-state index contributed by atoms with van der Waals surface area (Å²) in [6.45, 7) is 4.07. The van der Waals surface area contributed by atoms with Gasteiger partial charge in [-0.3, -0.25) is 19.3 Å². The maximum Gasteiger partial charge on any atom is 0.325 e. The highest BCUT2D eigenvalue weighted by Crippen LogP contribution is 2.18. The SMILES string of the molecule is CC1(C)NC(=O)N(CCCC(=O)Nc2ccccc2C(=O)NCCN)C1=O.Cl. The van der Waals surface area contributed by atoms with Crippen molar-refractivity contribution in [3.05, 3.63) is 29.8 Å². The molecule has 1 saturated heterocycles. The van der Waals surface area contributed by atoms with Crippen molar-refractivity contribution in [1.82, 2.24) is 15.5 Å². The number of anilines is 1. The van der Waals surface area contributed by atoms with Crippen LogP contribution in [0.25, 0.3) is 0 Å². The molecule has 5 amide bonds. The van der Waals surface area contributed by atoms with Crippen LogP contribution in [0.15, 0.2) is 24.3 Å². The van der Waals surface area contributed by atoms with Crippen molar-refractivity contribution in [2.75, 3.05) is 25.0 Å². The lowest BCUT2D eigenvalue weighted by Gasteiger charge is -2.16. The number of imide groups is 1. The molecule has 0 bridgehead atoms. The summed E-state index contributed by atoms with van der Waals surface area (Å²) in [4.78, 5) is 49.3. The lowest BCUT2D eigenvalue weighted by atomic mass is 10.1. The third-order valence-corrected chi connectivity index (χ3v) is 4.11. The Labute approximate surface area is 169 Å². The summed E-state index contributed by atoms with van der Waals surface area (Å²) in [6, 6.07) is 6.20. The maximum atomic E-state index is 12.2. The number of rotatable bonds is 8. The van der Waals surface area contributed by atoms with E-state index in [1.54, 1.807) is 38.1 Å². The molecule has 2 rings (SSSR count). The summed E-state index contributed by atoms with van der Waals surface area (Å²) in [6.07, 6.45) is 0.429. The third kappa shape index (κ3) is 5.67. The summed E-state index contributed by atoms with van der Waals surface area (Å²) in [7, 11) is 0. The second-order valence-corrected chi connectivity index (χ2v) is 6.75. The van der Waals surface area contributed by atoms with Gasteiger partial charge in [0.2, 0.25) is 5.91 Å². The molecular formula is C18H26ClN5O4. The summed E-state index contributed by atoms with van der Waals surface area (Å²) in [5.41, 5.74) is 5.19. The highest BCUT2D eigenvalue weighted by atomic mass is 35.5. The number of hydrogen-bond donors (Lipinski definition) is 4. The van der Waals surface area contributed by atoms with Gasteiger partial charge >= 0.3 is 6.03 Å². The Morgan fingerprint density at radius 3 is 2.50 bits per heavy atom. The normalized spacial score (nSPS) is 14.9. The Morgan fingerprint density at radius 1 is 1.21 bits per heavy atom. The van der Waals surface area contributed by atoms with E-state index in [4.69, 9.17) is 5.73 Å². The van der Waals surface area contributed by atoms with Crippen molar-refractivity contribution in [2.24, 2.45) is 5.73 Å². The molecule has 1 heterocycles. The number of carbonyl (C=O) groups excluding carboxylic acids is 4. The highest BCUT2D eigenvalue weighted by molar-refractivity contribution is 6.06. The lowest BCUT2D eigenvalue weighted by Crippen LogP contribution is -2.40. The molecule has 10 heteroatoms. The monoisotopic (exact) mass is 411 g/mol. The molecule has 5 N–H and O–H groups in total. The molecule has 1 aliphatic heterocycles. The Morgan fingerprint density at radius 2 is 1.89 bits per heavy atom. The van der Waals surface area contributed by atoms with E-state index in [1.807, 2.05) is 0 Å². The van der Waals surface area contributed by atoms with Crippen molar-refractivity contribution < 1.29 is 19.2 Å². The number of nitrogens with two attached hydrogens (primary N) is 1. The van der Waals surface area contributed by atoms with Crippen molar-refractivity contribution >= 4 is 41.8 Å². The molecule has 0 atom stereocenters. The van der Waals surface area contributed by atoms with Crippen molar-refractivity contribution in [3.8, 4) is 0 Å². The number of urea groups is 1. The number of nitrogens with zero attached hydrogens (tertiary/aromatic N) is 1. The second kappa shape index (κ2) is 10.0. The molecule has 0 spiro atoms. The fourth-order valence-electron chi connectivity index (χ4n) is 2.70. The molecule has 0 saturated carbocycles. The minimum absolute atomic E-state index is 0. The van der Waals surface area contributed by atoms with Crippen LogP contribution in [0.2, 0.25) is 0 Å². The largest absolute Gasteiger partial charge is 0.351 e. The van der Waals surface area contributed by atoms with Crippen LogP contribution in [-0.4, -0.2) is 53.8 Å². The van der Waals surface area contributed by atoms with Gasteiger partial charge in [-0.1, -0.05) is 12.1 Å². The van der Waals surface area contributed by atoms with Crippen LogP contribution >= 0.6 is 12.4 Å². The van der Waals surface area contributed by atoms with Crippen LogP contribution in [-0.2, 0) is 9.59 Å². The topological polar surface area (TPSA) is 134 Å². The zero-order valence-electron chi connectivity index (χ0n) is 15.9. The number of amides is 5. The molecule has 1 fully saturated rings. The lowest BCUT2D eigenvalue weighted by molar-refractivity contribution is -0.130. The van der Waals surface area contributed by atoms with E-state index in [-0.39, 0.29) is 43.1 Å². The second-order valence-electron chi connectivity index (χ2n) is 6.75. The maximum absolute atomic E-state index is 12.2. The van der Waals surface area contributed by atoms with Crippen LogP contribution in [0.4, 0.5) is 10.5 Å². The van der Waals surface area contributed by atoms with Crippen LogP contribution < -0.4 is 21.7 Å². The predicted molar refractivity (Wildman–Crippen MR) is 107 cm³/mol. The summed E-state index contributed by atoms with van der Waals surface area (Å²) >= 11 is 0. The number of nitrogens with one attached hydrogen (secondary N) is 3. The summed E-state index contributed by atoms with van der Waals surface area (Å²) in [5, 5.41) is 7.94. The zero-order valence-corrected chi connectivity index (χ0v) is 16.7. The van der Waals surface area contributed by atoms with Crippen LogP contribution in [0, 0.1) is 0 Å². The van der Waals surface area contributed by atoms with Crippen LogP contribution in [0.5, 0.6) is 0 Å². The molecule has 1 aromatic rings. The number of para-hydroxylation sites is 1. The fourth-order valence-corrected chi connectivity index (χ4v) is 2.70. The van der Waals surface area contributed by atoms with Gasteiger partial charge in [0, 0.05) is 26.1 Å². The van der Waals surface area contributed by atoms with Gasteiger partial charge in [-0.2, -0.15) is 0 Å². The van der Waals surface area contributed by atoms with E-state index in [2.05, 4.69) is 16.0 Å². The van der Waals surface area contributed by atoms with E-state index < -0.39 is 11.6 Å². The Balaban J connectivity index is 0.00000392. The average molecular weight is 412 g/mol. The number of carbonyl (C=O) groups is 4. The van der Waals surface area contributed by atoms with Gasteiger partial charge in [-0.15, -0.1) is 12.4 Å². The first-order valence-electron chi connectivity index (χ1n) is 8.77. The molecule has 0 radical (unpaired) electrons. The fraction of sp³-hybridized carbons (Fsp3) is 0.444. The van der Waals surface area contributed by atoms with E-state index in [1.165, 1.54) is 0 Å². The summed E-state index contributed by atoms with van der Waals surface area (Å²) in [5.74, 6) is -0.937. The van der Waals surface area contributed by atoms with Gasteiger partial charge in [-0.05, 0) is 32.4 Å². The van der Waals surface area contributed by atoms with Crippen molar-refractivity contribution in [3.63, 3.8) is 0 Å². The first kappa shape index (κ1) is 23.4. The van der Waals surface area contributed by atoms with E-state index in [9.17, 15) is 19.2 Å². The molecule has 28 heavy (non-hydrogen) atoms. The van der Waals surface area contributed by atoms with Crippen LogP contribution in [0.1, 0.15) is 37.0 Å². The third-order valence-electron chi connectivity index (χ3n) is 4.11. The Kier molecular flexibility index (Phi) is 8.39. The number of benzene rings is 1. The number of hydrogen-bond acceptors (Lipinski definition) is 5. The zero-order chi connectivity index (χ0) is 20.0. The van der Waals surface area contributed by atoms with Gasteiger partial charge < -0.3 is 21.7 Å². The average Bonchev–Trinajstić information content (AvgIpc) is 2.81. The molecule has 1 aromatic carbocycles. The smallest absolute Gasteiger partial charge is 0.325 e. The number of halogens is 1. The Hall–Kier alpha value is -2.65. The first-order valence-corrected chi connectivity index (χ1v) is 8.77. The predicted octanol–water partition coefficient (Wildman–Crippen LogP) is 0.846. The van der Waals surface area contributed by atoms with Gasteiger partial charge in [-0.25, -0.2) is 4.79 Å². The first-order chi connectivity index (χ1) is 12.8. The quantitative estimate of drug-likeness (QED) is 0.470. The molecule has 0 unspecified atom stereocenters. The molecule has 1 aliphatic rings. The molecule has 0 aromatic heterocycles. The standard InChI is InChI=1S/C18H25N5O4.ClH/c1-18(2)16(26)23(17(27)22-18)11-5-8-14(24)21-13-7-4-3-6-12(13)15(25)20-10-9-19;/h3-4,6-7H,5,8-11,19H2,1-2H3,(H,20,25)(H,21,24)(H,22,27);1H. The van der Waals surface area contributed by atoms with E-state index >= 15 is 0 Å². The molecular weight excluding hydrogens is 386 g/mol. The summed E-state index contributed by atoms with van der Waals surface area (Å²) < 4.78 is 0. The van der Waals surface area contributed by atoms with E-state index in [0.717, 1.165) is 4.90 Å². The Bertz CT molecular complexity index is 753. The molecule has 9 nitrogen and oxygen atoms in total. The molecule has 0 aliphatic carbocycles. The van der Waals surface area contributed by atoms with E-state index in [0.29, 0.717) is 30.8 Å². The minimum atomic E-state index is -0.921. The van der Waals surface area contributed by atoms with Gasteiger partial charge in [0.05, 0.1) is 11.3 Å². The van der Waals surface area contributed by atoms with Gasteiger partial charge in [0.25, 0.3) is 11.8 Å². The van der Waals surface area contributed by atoms with Gasteiger partial charge in [0.1, 0.15) is 5.54 Å². The van der Waals surface area contributed by atoms with Crippen LogP contribution in [0.3, 0.4) is 0 Å². The van der Waals surface area contributed by atoms with Crippen molar-refractivity contribution in [1.29, 1.82) is 0 Å². The molecule has 154 valence electrons. The van der Waals surface area contributed by atoms with Crippen molar-refractivity contribution in [2.45, 2.75) is 32.2 Å². The highest BCUT2D eigenvalue weighted by Gasteiger charge is 2.43. The van der Waals surface area contributed by atoms with Gasteiger partial charge in [0.15, 0.2) is 0 Å². The minimum Gasteiger partial charge on any atom is -0.351 e.